The van der Waals surface area contributed by atoms with Crippen molar-refractivity contribution in [3.8, 4) is 16.9 Å². The van der Waals surface area contributed by atoms with Gasteiger partial charge in [-0.1, -0.05) is 42.5 Å². The number of benzene rings is 3. The van der Waals surface area contributed by atoms with Gasteiger partial charge in [0.1, 0.15) is 5.82 Å². The lowest BCUT2D eigenvalue weighted by molar-refractivity contribution is 0.302. The van der Waals surface area contributed by atoms with Gasteiger partial charge in [0.15, 0.2) is 11.6 Å². The molecule has 0 atom stereocenters. The molecular formula is C25H23F3O. The summed E-state index contributed by atoms with van der Waals surface area (Å²) in [4.78, 5) is 0. The predicted molar refractivity (Wildman–Crippen MR) is 111 cm³/mol. The summed E-state index contributed by atoms with van der Waals surface area (Å²) >= 11 is 0. The molecule has 29 heavy (non-hydrogen) atoms. The maximum Gasteiger partial charge on any atom is 0.201 e. The summed E-state index contributed by atoms with van der Waals surface area (Å²) in [5, 5.41) is 0. The standard InChI is InChI=1S/C25H23F3O/c1-3-4-15-29-23-14-13-21(24(27)25(23)28)19-10-6-18(7-11-19)8-12-20-9-5-17(2)16-22(20)26/h3,5-7,9-11,13-14,16H,1,4,8,12,15H2,2H3. The molecule has 0 aliphatic rings. The average molecular weight is 396 g/mol. The highest BCUT2D eigenvalue weighted by Crippen LogP contribution is 2.30. The summed E-state index contributed by atoms with van der Waals surface area (Å²) in [6, 6.07) is 15.4. The topological polar surface area (TPSA) is 9.23 Å². The van der Waals surface area contributed by atoms with Crippen LogP contribution in [0.5, 0.6) is 5.75 Å². The number of hydrogen-bond acceptors (Lipinski definition) is 1. The van der Waals surface area contributed by atoms with E-state index in [0.29, 0.717) is 30.4 Å². The van der Waals surface area contributed by atoms with E-state index >= 15 is 0 Å². The third-order valence-electron chi connectivity index (χ3n) is 4.78. The van der Waals surface area contributed by atoms with Crippen LogP contribution in [0.3, 0.4) is 0 Å². The molecule has 4 heteroatoms. The second kappa shape index (κ2) is 9.46. The first-order valence-electron chi connectivity index (χ1n) is 9.55. The molecule has 0 aliphatic carbocycles. The molecule has 3 aromatic carbocycles. The van der Waals surface area contributed by atoms with Crippen LogP contribution < -0.4 is 4.74 Å². The molecule has 0 bridgehead atoms. The normalized spacial score (nSPS) is 10.8. The Morgan fingerprint density at radius 1 is 0.897 bits per heavy atom. The van der Waals surface area contributed by atoms with Crippen molar-refractivity contribution in [1.29, 1.82) is 0 Å². The van der Waals surface area contributed by atoms with E-state index in [4.69, 9.17) is 4.74 Å². The molecule has 0 N–H and O–H groups in total. The van der Waals surface area contributed by atoms with Crippen molar-refractivity contribution in [2.75, 3.05) is 6.61 Å². The lowest BCUT2D eigenvalue weighted by Gasteiger charge is -2.10. The van der Waals surface area contributed by atoms with Crippen molar-refractivity contribution in [2.45, 2.75) is 26.2 Å². The highest BCUT2D eigenvalue weighted by Gasteiger charge is 2.15. The van der Waals surface area contributed by atoms with Crippen molar-refractivity contribution < 1.29 is 17.9 Å². The van der Waals surface area contributed by atoms with Gasteiger partial charge in [0.2, 0.25) is 5.82 Å². The van der Waals surface area contributed by atoms with E-state index in [2.05, 4.69) is 6.58 Å². The quantitative estimate of drug-likeness (QED) is 0.300. The van der Waals surface area contributed by atoms with Crippen LogP contribution in [-0.2, 0) is 12.8 Å². The van der Waals surface area contributed by atoms with E-state index < -0.39 is 11.6 Å². The Morgan fingerprint density at radius 3 is 2.34 bits per heavy atom. The van der Waals surface area contributed by atoms with Crippen LogP contribution in [0.25, 0.3) is 11.1 Å². The second-order valence-corrected chi connectivity index (χ2v) is 6.96. The molecule has 0 aliphatic heterocycles. The molecule has 0 amide bonds. The van der Waals surface area contributed by atoms with Crippen LogP contribution in [0.2, 0.25) is 0 Å². The summed E-state index contributed by atoms with van der Waals surface area (Å²) in [5.74, 6) is -2.24. The molecule has 0 fully saturated rings. The number of hydrogen-bond donors (Lipinski definition) is 0. The van der Waals surface area contributed by atoms with Gasteiger partial charge < -0.3 is 4.74 Å². The van der Waals surface area contributed by atoms with Crippen molar-refractivity contribution in [1.82, 2.24) is 0 Å². The lowest BCUT2D eigenvalue weighted by Crippen LogP contribution is -2.01. The van der Waals surface area contributed by atoms with Crippen molar-refractivity contribution in [3.05, 3.63) is 101 Å². The maximum atomic E-state index is 14.5. The highest BCUT2D eigenvalue weighted by molar-refractivity contribution is 5.65. The molecule has 0 unspecified atom stereocenters. The van der Waals surface area contributed by atoms with Gasteiger partial charge >= 0.3 is 0 Å². The van der Waals surface area contributed by atoms with E-state index in [0.717, 1.165) is 11.1 Å². The van der Waals surface area contributed by atoms with Crippen molar-refractivity contribution in [3.63, 3.8) is 0 Å². The fourth-order valence-corrected chi connectivity index (χ4v) is 3.10. The predicted octanol–water partition coefficient (Wildman–Crippen LogP) is 6.82. The fourth-order valence-electron chi connectivity index (χ4n) is 3.10. The van der Waals surface area contributed by atoms with Crippen LogP contribution in [0.15, 0.2) is 67.3 Å². The number of rotatable bonds is 8. The molecule has 3 rings (SSSR count). The number of aryl methyl sites for hydroxylation is 3. The third kappa shape index (κ3) is 5.08. The summed E-state index contributed by atoms with van der Waals surface area (Å²) in [7, 11) is 0. The van der Waals surface area contributed by atoms with Crippen LogP contribution in [0, 0.1) is 24.4 Å². The molecule has 150 valence electrons. The van der Waals surface area contributed by atoms with Gasteiger partial charge in [-0.25, -0.2) is 8.78 Å². The Morgan fingerprint density at radius 2 is 1.66 bits per heavy atom. The average Bonchev–Trinajstić information content (AvgIpc) is 2.71. The fraction of sp³-hybridized carbons (Fsp3) is 0.200. The van der Waals surface area contributed by atoms with E-state index in [1.54, 1.807) is 24.3 Å². The van der Waals surface area contributed by atoms with Gasteiger partial charge in [-0.3, -0.25) is 0 Å². The van der Waals surface area contributed by atoms with Gasteiger partial charge in [-0.2, -0.15) is 4.39 Å². The molecule has 0 spiro atoms. The van der Waals surface area contributed by atoms with E-state index in [1.165, 1.54) is 18.2 Å². The summed E-state index contributed by atoms with van der Waals surface area (Å²) in [5.41, 5.74) is 3.31. The van der Waals surface area contributed by atoms with Gasteiger partial charge in [0.05, 0.1) is 6.61 Å². The highest BCUT2D eigenvalue weighted by atomic mass is 19.2. The molecule has 0 saturated heterocycles. The number of ether oxygens (including phenoxy) is 1. The summed E-state index contributed by atoms with van der Waals surface area (Å²) in [6.07, 6.45) is 3.44. The molecule has 0 heterocycles. The van der Waals surface area contributed by atoms with Gasteiger partial charge in [0, 0.05) is 5.56 Å². The Kier molecular flexibility index (Phi) is 6.76. The van der Waals surface area contributed by atoms with Gasteiger partial charge in [-0.15, -0.1) is 6.58 Å². The Labute approximate surface area is 169 Å². The first-order valence-corrected chi connectivity index (χ1v) is 9.55. The Bertz CT molecular complexity index is 994. The zero-order chi connectivity index (χ0) is 20.8. The molecule has 3 aromatic rings. The minimum Gasteiger partial charge on any atom is -0.490 e. The lowest BCUT2D eigenvalue weighted by atomic mass is 9.99. The van der Waals surface area contributed by atoms with Gasteiger partial charge in [0.25, 0.3) is 0 Å². The zero-order valence-electron chi connectivity index (χ0n) is 16.4. The van der Waals surface area contributed by atoms with Crippen LogP contribution in [-0.4, -0.2) is 6.61 Å². The van der Waals surface area contributed by atoms with Crippen LogP contribution >= 0.6 is 0 Å². The summed E-state index contributed by atoms with van der Waals surface area (Å²) in [6.45, 7) is 5.66. The SMILES string of the molecule is C=CCCOc1ccc(-c2ccc(CCc3ccc(C)cc3F)cc2)c(F)c1F. The zero-order valence-corrected chi connectivity index (χ0v) is 16.4. The first-order chi connectivity index (χ1) is 14.0. The monoisotopic (exact) mass is 396 g/mol. The molecule has 0 saturated carbocycles. The number of halogens is 3. The minimum atomic E-state index is -0.995. The second-order valence-electron chi connectivity index (χ2n) is 6.96. The first kappa shape index (κ1) is 20.7. The summed E-state index contributed by atoms with van der Waals surface area (Å²) < 4.78 is 48.0. The maximum absolute atomic E-state index is 14.5. The largest absolute Gasteiger partial charge is 0.490 e. The van der Waals surface area contributed by atoms with Crippen LogP contribution in [0.4, 0.5) is 13.2 Å². The van der Waals surface area contributed by atoms with E-state index in [-0.39, 0.29) is 23.7 Å². The molecule has 0 radical (unpaired) electrons. The van der Waals surface area contributed by atoms with Crippen LogP contribution in [0.1, 0.15) is 23.1 Å². The smallest absolute Gasteiger partial charge is 0.201 e. The Hall–Kier alpha value is -3.01. The van der Waals surface area contributed by atoms with E-state index in [1.807, 2.05) is 25.1 Å². The molecule has 1 nitrogen and oxygen atoms in total. The minimum absolute atomic E-state index is 0.107. The van der Waals surface area contributed by atoms with Crippen molar-refractivity contribution in [2.24, 2.45) is 0 Å². The van der Waals surface area contributed by atoms with Gasteiger partial charge in [-0.05, 0) is 66.6 Å². The Balaban J connectivity index is 1.71. The molecular weight excluding hydrogens is 373 g/mol. The third-order valence-corrected chi connectivity index (χ3v) is 4.78. The van der Waals surface area contributed by atoms with Crippen molar-refractivity contribution >= 4 is 0 Å². The molecule has 0 aromatic heterocycles. The van der Waals surface area contributed by atoms with E-state index in [9.17, 15) is 13.2 Å².